The smallest absolute Gasteiger partial charge is 0.222 e. The SMILES string of the molecule is Cc1cc(C)n(C2CCCN(C(=O)CCCOc3ccccc3)C2)n1. The average molecular weight is 341 g/mol. The van der Waals surface area contributed by atoms with Gasteiger partial charge in [0, 0.05) is 25.2 Å². The number of carbonyl (C=O) groups is 1. The van der Waals surface area contributed by atoms with Gasteiger partial charge in [-0.15, -0.1) is 0 Å². The van der Waals surface area contributed by atoms with Gasteiger partial charge in [0.1, 0.15) is 5.75 Å². The van der Waals surface area contributed by atoms with E-state index in [-0.39, 0.29) is 5.91 Å². The summed E-state index contributed by atoms with van der Waals surface area (Å²) >= 11 is 0. The van der Waals surface area contributed by atoms with E-state index in [0.717, 1.165) is 43.8 Å². The third-order valence-corrected chi connectivity index (χ3v) is 4.69. The van der Waals surface area contributed by atoms with E-state index in [2.05, 4.69) is 22.8 Å². The van der Waals surface area contributed by atoms with Crippen LogP contribution in [0.5, 0.6) is 5.75 Å². The quantitative estimate of drug-likeness (QED) is 0.755. The van der Waals surface area contributed by atoms with E-state index in [4.69, 9.17) is 4.74 Å². The zero-order valence-electron chi connectivity index (χ0n) is 15.1. The van der Waals surface area contributed by atoms with Gasteiger partial charge in [-0.1, -0.05) is 18.2 Å². The molecular weight excluding hydrogens is 314 g/mol. The first-order chi connectivity index (χ1) is 12.1. The van der Waals surface area contributed by atoms with Crippen molar-refractivity contribution in [3.05, 3.63) is 47.8 Å². The Bertz CT molecular complexity index is 696. The van der Waals surface area contributed by atoms with Crippen molar-refractivity contribution < 1.29 is 9.53 Å². The first-order valence-corrected chi connectivity index (χ1v) is 9.12. The number of amides is 1. The van der Waals surface area contributed by atoms with Crippen molar-refractivity contribution in [2.24, 2.45) is 0 Å². The largest absolute Gasteiger partial charge is 0.494 e. The summed E-state index contributed by atoms with van der Waals surface area (Å²) in [6.07, 6.45) is 3.41. The van der Waals surface area contributed by atoms with Crippen LogP contribution in [-0.2, 0) is 4.79 Å². The molecule has 1 amide bonds. The van der Waals surface area contributed by atoms with Gasteiger partial charge in [0.2, 0.25) is 5.91 Å². The molecule has 0 aliphatic carbocycles. The number of aromatic nitrogens is 2. The Morgan fingerprint density at radius 1 is 1.28 bits per heavy atom. The van der Waals surface area contributed by atoms with Crippen molar-refractivity contribution in [3.8, 4) is 5.75 Å². The lowest BCUT2D eigenvalue weighted by Gasteiger charge is -2.33. The number of nitrogens with zero attached hydrogens (tertiary/aromatic N) is 3. The predicted molar refractivity (Wildman–Crippen MR) is 97.7 cm³/mol. The number of piperidine rings is 1. The number of rotatable bonds is 6. The Labute approximate surface area is 149 Å². The second-order valence-corrected chi connectivity index (χ2v) is 6.77. The first kappa shape index (κ1) is 17.5. The molecule has 1 aliphatic heterocycles. The van der Waals surface area contributed by atoms with Gasteiger partial charge in [0.25, 0.3) is 0 Å². The highest BCUT2D eigenvalue weighted by atomic mass is 16.5. The molecule has 5 nitrogen and oxygen atoms in total. The fourth-order valence-corrected chi connectivity index (χ4v) is 3.48. The molecule has 1 aliphatic rings. The molecular formula is C20H27N3O2. The molecule has 134 valence electrons. The number of ether oxygens (including phenoxy) is 1. The van der Waals surface area contributed by atoms with Crippen LogP contribution in [0.25, 0.3) is 0 Å². The van der Waals surface area contributed by atoms with E-state index in [9.17, 15) is 4.79 Å². The number of aryl methyl sites for hydroxylation is 2. The van der Waals surface area contributed by atoms with Crippen LogP contribution < -0.4 is 4.74 Å². The number of likely N-dealkylation sites (tertiary alicyclic amines) is 1. The zero-order valence-corrected chi connectivity index (χ0v) is 15.1. The van der Waals surface area contributed by atoms with Crippen molar-refractivity contribution in [2.45, 2.75) is 45.6 Å². The summed E-state index contributed by atoms with van der Waals surface area (Å²) in [6, 6.07) is 12.1. The maximum absolute atomic E-state index is 12.5. The number of hydrogen-bond donors (Lipinski definition) is 0. The van der Waals surface area contributed by atoms with Crippen LogP contribution in [-0.4, -0.2) is 40.3 Å². The highest BCUT2D eigenvalue weighted by Crippen LogP contribution is 2.23. The maximum atomic E-state index is 12.5. The summed E-state index contributed by atoms with van der Waals surface area (Å²) in [5.41, 5.74) is 2.21. The monoisotopic (exact) mass is 341 g/mol. The third kappa shape index (κ3) is 4.62. The van der Waals surface area contributed by atoms with E-state index in [1.165, 1.54) is 5.69 Å². The maximum Gasteiger partial charge on any atom is 0.222 e. The third-order valence-electron chi connectivity index (χ3n) is 4.69. The molecule has 0 saturated carbocycles. The molecule has 1 unspecified atom stereocenters. The molecule has 0 bridgehead atoms. The van der Waals surface area contributed by atoms with Gasteiger partial charge in [-0.3, -0.25) is 9.48 Å². The lowest BCUT2D eigenvalue weighted by molar-refractivity contribution is -0.133. The topological polar surface area (TPSA) is 47.4 Å². The van der Waals surface area contributed by atoms with Gasteiger partial charge >= 0.3 is 0 Å². The van der Waals surface area contributed by atoms with Gasteiger partial charge in [-0.2, -0.15) is 5.10 Å². The van der Waals surface area contributed by atoms with E-state index < -0.39 is 0 Å². The van der Waals surface area contributed by atoms with Crippen LogP contribution in [0.15, 0.2) is 36.4 Å². The van der Waals surface area contributed by atoms with Crippen LogP contribution in [0.1, 0.15) is 43.1 Å². The van der Waals surface area contributed by atoms with Crippen LogP contribution in [0, 0.1) is 13.8 Å². The molecule has 1 aromatic carbocycles. The summed E-state index contributed by atoms with van der Waals surface area (Å²) in [4.78, 5) is 14.5. The standard InChI is InChI=1S/C20H27N3O2/c1-16-14-17(2)23(21-16)18-8-6-12-22(15-18)20(24)11-7-13-25-19-9-4-3-5-10-19/h3-5,9-10,14,18H,6-8,11-13,15H2,1-2H3. The number of para-hydroxylation sites is 1. The van der Waals surface area contributed by atoms with Gasteiger partial charge in [-0.05, 0) is 51.3 Å². The van der Waals surface area contributed by atoms with E-state index in [1.54, 1.807) is 0 Å². The molecule has 2 heterocycles. The highest BCUT2D eigenvalue weighted by Gasteiger charge is 2.25. The Morgan fingerprint density at radius 2 is 2.08 bits per heavy atom. The van der Waals surface area contributed by atoms with Crippen LogP contribution >= 0.6 is 0 Å². The minimum atomic E-state index is 0.225. The summed E-state index contributed by atoms with van der Waals surface area (Å²) in [5.74, 6) is 1.08. The second-order valence-electron chi connectivity index (χ2n) is 6.77. The summed E-state index contributed by atoms with van der Waals surface area (Å²) in [7, 11) is 0. The molecule has 1 saturated heterocycles. The van der Waals surface area contributed by atoms with Crippen molar-refractivity contribution in [1.29, 1.82) is 0 Å². The van der Waals surface area contributed by atoms with Crippen molar-refractivity contribution in [3.63, 3.8) is 0 Å². The van der Waals surface area contributed by atoms with Crippen LogP contribution in [0.3, 0.4) is 0 Å². The minimum Gasteiger partial charge on any atom is -0.494 e. The van der Waals surface area contributed by atoms with Crippen molar-refractivity contribution in [1.82, 2.24) is 14.7 Å². The van der Waals surface area contributed by atoms with Crippen LogP contribution in [0.2, 0.25) is 0 Å². The normalized spacial score (nSPS) is 17.5. The predicted octanol–water partition coefficient (Wildman–Crippen LogP) is 3.52. The van der Waals surface area contributed by atoms with E-state index >= 15 is 0 Å². The first-order valence-electron chi connectivity index (χ1n) is 9.12. The molecule has 1 atom stereocenters. The molecule has 1 aromatic heterocycles. The summed E-state index contributed by atoms with van der Waals surface area (Å²) in [6.45, 7) is 6.29. The van der Waals surface area contributed by atoms with Gasteiger partial charge < -0.3 is 9.64 Å². The van der Waals surface area contributed by atoms with Gasteiger partial charge in [0.15, 0.2) is 0 Å². The van der Waals surface area contributed by atoms with E-state index in [1.807, 2.05) is 42.2 Å². The number of benzene rings is 1. The summed E-state index contributed by atoms with van der Waals surface area (Å²) < 4.78 is 7.76. The highest BCUT2D eigenvalue weighted by molar-refractivity contribution is 5.76. The fourth-order valence-electron chi connectivity index (χ4n) is 3.48. The Balaban J connectivity index is 1.46. The zero-order chi connectivity index (χ0) is 17.6. The van der Waals surface area contributed by atoms with Crippen molar-refractivity contribution >= 4 is 5.91 Å². The fraction of sp³-hybridized carbons (Fsp3) is 0.500. The van der Waals surface area contributed by atoms with Gasteiger partial charge in [0.05, 0.1) is 18.3 Å². The molecule has 0 N–H and O–H groups in total. The molecule has 0 spiro atoms. The lowest BCUT2D eigenvalue weighted by atomic mass is 10.0. The van der Waals surface area contributed by atoms with Gasteiger partial charge in [-0.25, -0.2) is 0 Å². The second kappa shape index (κ2) is 8.19. The minimum absolute atomic E-state index is 0.225. The van der Waals surface area contributed by atoms with Crippen LogP contribution in [0.4, 0.5) is 0 Å². The van der Waals surface area contributed by atoms with E-state index in [0.29, 0.717) is 19.1 Å². The molecule has 3 rings (SSSR count). The Kier molecular flexibility index (Phi) is 5.74. The van der Waals surface area contributed by atoms with Crippen molar-refractivity contribution in [2.75, 3.05) is 19.7 Å². The molecule has 25 heavy (non-hydrogen) atoms. The average Bonchev–Trinajstić information content (AvgIpc) is 2.98. The molecule has 1 fully saturated rings. The number of hydrogen-bond acceptors (Lipinski definition) is 3. The molecule has 2 aromatic rings. The lowest BCUT2D eigenvalue weighted by Crippen LogP contribution is -2.41. The Hall–Kier alpha value is -2.30. The number of carbonyl (C=O) groups excluding carboxylic acids is 1. The Morgan fingerprint density at radius 3 is 2.80 bits per heavy atom. The molecule has 0 radical (unpaired) electrons. The molecule has 5 heteroatoms. The summed E-state index contributed by atoms with van der Waals surface area (Å²) in [5, 5.41) is 4.60.